The largest absolute Gasteiger partial charge is 0.399 e. The van der Waals surface area contributed by atoms with Crippen molar-refractivity contribution in [3.63, 3.8) is 0 Å². The van der Waals surface area contributed by atoms with E-state index in [9.17, 15) is 0 Å². The molecule has 1 saturated carbocycles. The van der Waals surface area contributed by atoms with Crippen LogP contribution in [0.15, 0.2) is 66.7 Å². The van der Waals surface area contributed by atoms with Crippen molar-refractivity contribution in [3.05, 3.63) is 77.9 Å². The second-order valence-corrected chi connectivity index (χ2v) is 7.22. The van der Waals surface area contributed by atoms with Gasteiger partial charge >= 0.3 is 0 Å². The lowest BCUT2D eigenvalue weighted by Gasteiger charge is -2.27. The van der Waals surface area contributed by atoms with Crippen LogP contribution in [-0.4, -0.2) is 0 Å². The molecule has 0 saturated heterocycles. The summed E-state index contributed by atoms with van der Waals surface area (Å²) in [6.45, 7) is 0. The van der Waals surface area contributed by atoms with Crippen LogP contribution in [0.2, 0.25) is 0 Å². The van der Waals surface area contributed by atoms with Crippen LogP contribution in [0, 0.1) is 0 Å². The average Bonchev–Trinajstić information content (AvgIpc) is 3.21. The summed E-state index contributed by atoms with van der Waals surface area (Å²) >= 11 is 0. The number of hydrogen-bond acceptors (Lipinski definition) is 1. The van der Waals surface area contributed by atoms with Crippen molar-refractivity contribution in [2.24, 2.45) is 0 Å². The van der Waals surface area contributed by atoms with Gasteiger partial charge in [0.05, 0.1) is 0 Å². The Morgan fingerprint density at radius 2 is 1.42 bits per heavy atom. The molecule has 0 unspecified atom stereocenters. The molecule has 0 heterocycles. The van der Waals surface area contributed by atoms with Gasteiger partial charge in [-0.25, -0.2) is 0 Å². The first-order valence-corrected chi connectivity index (χ1v) is 8.88. The molecule has 5 rings (SSSR count). The quantitative estimate of drug-likeness (QED) is 0.567. The lowest BCUT2D eigenvalue weighted by Crippen LogP contribution is -2.20. The van der Waals surface area contributed by atoms with Gasteiger partial charge in [0.1, 0.15) is 0 Å². The van der Waals surface area contributed by atoms with Crippen LogP contribution in [0.5, 0.6) is 0 Å². The Bertz CT molecular complexity index is 932. The van der Waals surface area contributed by atoms with Crippen LogP contribution in [-0.2, 0) is 5.41 Å². The second-order valence-electron chi connectivity index (χ2n) is 7.22. The SMILES string of the molecule is Nc1cccc(-c2ccc3c(c2)C2(CCCC2)c2ccccc2-3)c1. The van der Waals surface area contributed by atoms with Crippen molar-refractivity contribution in [3.8, 4) is 22.3 Å². The van der Waals surface area contributed by atoms with Gasteiger partial charge in [-0.3, -0.25) is 0 Å². The highest BCUT2D eigenvalue weighted by molar-refractivity contribution is 5.84. The Hall–Kier alpha value is -2.54. The van der Waals surface area contributed by atoms with Crippen molar-refractivity contribution in [1.82, 2.24) is 0 Å². The fraction of sp³-hybridized carbons (Fsp3) is 0.217. The molecule has 1 nitrogen and oxygen atoms in total. The third kappa shape index (κ3) is 1.81. The Labute approximate surface area is 143 Å². The molecule has 0 radical (unpaired) electrons. The standard InChI is InChI=1S/C23H21N/c24-18-7-5-6-16(14-18)17-10-11-20-19-8-1-2-9-21(19)23(22(20)15-17)12-3-4-13-23/h1-2,5-11,14-15H,3-4,12-13,24H2. The molecule has 0 bridgehead atoms. The van der Waals surface area contributed by atoms with Gasteiger partial charge < -0.3 is 5.73 Å². The van der Waals surface area contributed by atoms with Gasteiger partial charge in [-0.15, -0.1) is 0 Å². The second kappa shape index (κ2) is 4.98. The highest BCUT2D eigenvalue weighted by Gasteiger charge is 2.44. The minimum atomic E-state index is 0.238. The maximum Gasteiger partial charge on any atom is 0.0320 e. The summed E-state index contributed by atoms with van der Waals surface area (Å²) in [5.74, 6) is 0. The molecule has 118 valence electrons. The molecule has 24 heavy (non-hydrogen) atoms. The summed E-state index contributed by atoms with van der Waals surface area (Å²) in [5.41, 5.74) is 15.5. The summed E-state index contributed by atoms with van der Waals surface area (Å²) in [6, 6.07) is 24.2. The predicted octanol–water partition coefficient (Wildman–Crippen LogP) is 5.78. The van der Waals surface area contributed by atoms with Gasteiger partial charge in [0, 0.05) is 11.1 Å². The van der Waals surface area contributed by atoms with Crippen molar-refractivity contribution < 1.29 is 0 Å². The van der Waals surface area contributed by atoms with Crippen molar-refractivity contribution in [1.29, 1.82) is 0 Å². The third-order valence-corrected chi connectivity index (χ3v) is 5.95. The molecule has 0 amide bonds. The Morgan fingerprint density at radius 3 is 2.25 bits per heavy atom. The van der Waals surface area contributed by atoms with E-state index in [0.29, 0.717) is 0 Å². The Kier molecular flexibility index (Phi) is 2.87. The van der Waals surface area contributed by atoms with Crippen LogP contribution < -0.4 is 5.73 Å². The van der Waals surface area contributed by atoms with E-state index in [1.807, 2.05) is 12.1 Å². The molecule has 0 aromatic heterocycles. The van der Waals surface area contributed by atoms with E-state index in [4.69, 9.17) is 5.73 Å². The highest BCUT2D eigenvalue weighted by Crippen LogP contribution is 2.57. The van der Waals surface area contributed by atoms with E-state index in [-0.39, 0.29) is 5.41 Å². The summed E-state index contributed by atoms with van der Waals surface area (Å²) in [4.78, 5) is 0. The maximum absolute atomic E-state index is 5.99. The molecule has 0 atom stereocenters. The topological polar surface area (TPSA) is 26.0 Å². The van der Waals surface area contributed by atoms with E-state index < -0.39 is 0 Å². The Morgan fingerprint density at radius 1 is 0.667 bits per heavy atom. The molecule has 3 aromatic rings. The maximum atomic E-state index is 5.99. The van der Waals surface area contributed by atoms with Crippen molar-refractivity contribution in [2.45, 2.75) is 31.1 Å². The first-order chi connectivity index (χ1) is 11.8. The zero-order chi connectivity index (χ0) is 16.1. The molecule has 1 spiro atoms. The van der Waals surface area contributed by atoms with E-state index >= 15 is 0 Å². The van der Waals surface area contributed by atoms with E-state index in [1.165, 1.54) is 53.5 Å². The van der Waals surface area contributed by atoms with Gasteiger partial charge in [-0.1, -0.05) is 61.4 Å². The van der Waals surface area contributed by atoms with E-state index in [1.54, 1.807) is 5.56 Å². The summed E-state index contributed by atoms with van der Waals surface area (Å²) in [7, 11) is 0. The number of rotatable bonds is 1. The Balaban J connectivity index is 1.74. The molecular weight excluding hydrogens is 290 g/mol. The number of nitrogens with two attached hydrogens (primary N) is 1. The third-order valence-electron chi connectivity index (χ3n) is 5.95. The zero-order valence-electron chi connectivity index (χ0n) is 13.8. The van der Waals surface area contributed by atoms with Crippen LogP contribution in [0.1, 0.15) is 36.8 Å². The molecule has 0 aliphatic heterocycles. The van der Waals surface area contributed by atoms with Gasteiger partial charge in [0.2, 0.25) is 0 Å². The summed E-state index contributed by atoms with van der Waals surface area (Å²) in [6.07, 6.45) is 5.21. The van der Waals surface area contributed by atoms with Gasteiger partial charge in [0.15, 0.2) is 0 Å². The van der Waals surface area contributed by atoms with E-state index in [2.05, 4.69) is 54.6 Å². The van der Waals surface area contributed by atoms with Crippen molar-refractivity contribution in [2.75, 3.05) is 5.73 Å². The highest BCUT2D eigenvalue weighted by atomic mass is 14.5. The monoisotopic (exact) mass is 311 g/mol. The summed E-state index contributed by atoms with van der Waals surface area (Å²) in [5, 5.41) is 0. The molecule has 2 aliphatic rings. The first kappa shape index (κ1) is 13.9. The summed E-state index contributed by atoms with van der Waals surface area (Å²) < 4.78 is 0. The molecule has 1 fully saturated rings. The fourth-order valence-electron chi connectivity index (χ4n) is 4.87. The number of fused-ring (bicyclic) bond motifs is 5. The molecule has 2 N–H and O–H groups in total. The molecule has 2 aliphatic carbocycles. The van der Waals surface area contributed by atoms with Crippen LogP contribution in [0.25, 0.3) is 22.3 Å². The van der Waals surface area contributed by atoms with Crippen LogP contribution in [0.3, 0.4) is 0 Å². The minimum Gasteiger partial charge on any atom is -0.399 e. The molecule has 1 heteroatoms. The molecular formula is C23H21N. The van der Waals surface area contributed by atoms with Gasteiger partial charge in [-0.2, -0.15) is 0 Å². The fourth-order valence-corrected chi connectivity index (χ4v) is 4.87. The first-order valence-electron chi connectivity index (χ1n) is 8.88. The molecule has 3 aromatic carbocycles. The smallest absolute Gasteiger partial charge is 0.0320 e. The normalized spacial score (nSPS) is 17.0. The van der Waals surface area contributed by atoms with Gasteiger partial charge in [-0.05, 0) is 64.4 Å². The van der Waals surface area contributed by atoms with Crippen LogP contribution >= 0.6 is 0 Å². The zero-order valence-corrected chi connectivity index (χ0v) is 13.8. The van der Waals surface area contributed by atoms with E-state index in [0.717, 1.165) is 5.69 Å². The number of benzene rings is 3. The van der Waals surface area contributed by atoms with Gasteiger partial charge in [0.25, 0.3) is 0 Å². The lowest BCUT2D eigenvalue weighted by atomic mass is 9.76. The minimum absolute atomic E-state index is 0.238. The number of nitrogen functional groups attached to an aromatic ring is 1. The van der Waals surface area contributed by atoms with Crippen molar-refractivity contribution >= 4 is 5.69 Å². The predicted molar refractivity (Wildman–Crippen MR) is 101 cm³/mol. The van der Waals surface area contributed by atoms with Crippen LogP contribution in [0.4, 0.5) is 5.69 Å². The number of hydrogen-bond donors (Lipinski definition) is 1. The lowest BCUT2D eigenvalue weighted by molar-refractivity contribution is 0.550. The average molecular weight is 311 g/mol. The number of anilines is 1.